The van der Waals surface area contributed by atoms with E-state index in [0.29, 0.717) is 33.6 Å². The maximum atomic E-state index is 14.6. The molecule has 0 amide bonds. The highest BCUT2D eigenvalue weighted by atomic mass is 31.2. The summed E-state index contributed by atoms with van der Waals surface area (Å²) in [4.78, 5) is 8.82. The van der Waals surface area contributed by atoms with Crippen molar-refractivity contribution >= 4 is 29.2 Å². The Morgan fingerprint density at radius 1 is 1.13 bits per heavy atom. The van der Waals surface area contributed by atoms with Crippen LogP contribution in [0.3, 0.4) is 0 Å². The molecule has 0 aliphatic heterocycles. The number of halogens is 3. The number of alkyl halides is 2. The van der Waals surface area contributed by atoms with E-state index in [-0.39, 0.29) is 5.56 Å². The van der Waals surface area contributed by atoms with Crippen LogP contribution in [-0.4, -0.2) is 30.4 Å². The van der Waals surface area contributed by atoms with Crippen molar-refractivity contribution in [2.75, 3.05) is 25.8 Å². The first-order valence-electron chi connectivity index (χ1n) is 9.27. The maximum absolute atomic E-state index is 14.6. The molecular formula is C21H23F3N3O2P. The van der Waals surface area contributed by atoms with Crippen LogP contribution < -0.4 is 15.4 Å². The summed E-state index contributed by atoms with van der Waals surface area (Å²) >= 11 is 0. The third-order valence-corrected chi connectivity index (χ3v) is 6.31. The lowest BCUT2D eigenvalue weighted by Crippen LogP contribution is -2.14. The lowest BCUT2D eigenvalue weighted by molar-refractivity contribution is 0.146. The molecule has 1 atom stereocenters. The van der Waals surface area contributed by atoms with Crippen molar-refractivity contribution in [2.45, 2.75) is 26.3 Å². The molecule has 0 aliphatic rings. The fourth-order valence-corrected chi connectivity index (χ4v) is 4.44. The van der Waals surface area contributed by atoms with E-state index in [1.54, 1.807) is 39.3 Å². The van der Waals surface area contributed by atoms with Crippen LogP contribution in [0.5, 0.6) is 5.75 Å². The first-order chi connectivity index (χ1) is 14.0. The Labute approximate surface area is 173 Å². The van der Waals surface area contributed by atoms with Gasteiger partial charge < -0.3 is 14.6 Å². The van der Waals surface area contributed by atoms with Crippen LogP contribution in [0.4, 0.5) is 19.0 Å². The molecule has 0 saturated carbocycles. The number of nitrogens with one attached hydrogen (secondary N) is 1. The van der Waals surface area contributed by atoms with Crippen LogP contribution in [0.25, 0.3) is 10.9 Å². The molecule has 0 radical (unpaired) electrons. The van der Waals surface area contributed by atoms with E-state index >= 15 is 0 Å². The second-order valence-electron chi connectivity index (χ2n) is 7.43. The molecule has 0 aliphatic carbocycles. The van der Waals surface area contributed by atoms with Crippen LogP contribution in [0.15, 0.2) is 30.3 Å². The van der Waals surface area contributed by atoms with Gasteiger partial charge in [-0.2, -0.15) is 0 Å². The third-order valence-electron chi connectivity index (χ3n) is 4.80. The Kier molecular flexibility index (Phi) is 6.09. The van der Waals surface area contributed by atoms with Crippen molar-refractivity contribution < 1.29 is 22.5 Å². The van der Waals surface area contributed by atoms with Crippen molar-refractivity contribution in [3.8, 4) is 5.75 Å². The van der Waals surface area contributed by atoms with Crippen molar-refractivity contribution in [1.82, 2.24) is 9.97 Å². The molecule has 2 aromatic carbocycles. The number of ether oxygens (including phenoxy) is 1. The Morgan fingerprint density at radius 3 is 2.40 bits per heavy atom. The second-order valence-corrected chi connectivity index (χ2v) is 10.6. The molecule has 0 bridgehead atoms. The molecule has 30 heavy (non-hydrogen) atoms. The number of nitrogens with zero attached hydrogens (tertiary/aromatic N) is 2. The number of methoxy groups -OCH3 is 1. The first kappa shape index (κ1) is 22.1. The van der Waals surface area contributed by atoms with Crippen LogP contribution >= 0.6 is 7.14 Å². The number of hydrogen-bond acceptors (Lipinski definition) is 5. The third kappa shape index (κ3) is 4.29. The van der Waals surface area contributed by atoms with Gasteiger partial charge in [0.2, 0.25) is 0 Å². The summed E-state index contributed by atoms with van der Waals surface area (Å²) in [5.41, 5.74) is 0.0189. The van der Waals surface area contributed by atoms with E-state index in [0.717, 1.165) is 6.07 Å². The van der Waals surface area contributed by atoms with Crippen LogP contribution in [0.1, 0.15) is 36.3 Å². The van der Waals surface area contributed by atoms with Crippen molar-refractivity contribution in [3.63, 3.8) is 0 Å². The van der Waals surface area contributed by atoms with Crippen molar-refractivity contribution in [1.29, 1.82) is 0 Å². The molecule has 3 rings (SSSR count). The van der Waals surface area contributed by atoms with Gasteiger partial charge in [0.1, 0.15) is 30.4 Å². The molecule has 1 N–H and O–H groups in total. The number of aryl methyl sites for hydroxylation is 1. The minimum absolute atomic E-state index is 0.0996. The molecule has 160 valence electrons. The summed E-state index contributed by atoms with van der Waals surface area (Å²) < 4.78 is 58.9. The highest BCUT2D eigenvalue weighted by Gasteiger charge is 2.23. The van der Waals surface area contributed by atoms with Gasteiger partial charge in [-0.3, -0.25) is 0 Å². The number of aromatic nitrogens is 2. The van der Waals surface area contributed by atoms with Gasteiger partial charge in [0.15, 0.2) is 0 Å². The van der Waals surface area contributed by atoms with E-state index in [1.165, 1.54) is 19.2 Å². The van der Waals surface area contributed by atoms with Gasteiger partial charge in [0.05, 0.1) is 29.5 Å². The smallest absolute Gasteiger partial charge is 0.266 e. The summed E-state index contributed by atoms with van der Waals surface area (Å²) in [6, 6.07) is 6.66. The summed E-state index contributed by atoms with van der Waals surface area (Å²) in [5, 5.41) is 4.21. The molecule has 5 nitrogen and oxygen atoms in total. The minimum Gasteiger partial charge on any atom is -0.496 e. The van der Waals surface area contributed by atoms with Gasteiger partial charge in [0, 0.05) is 17.0 Å². The monoisotopic (exact) mass is 437 g/mol. The van der Waals surface area contributed by atoms with Crippen LogP contribution in [-0.2, 0) is 4.57 Å². The van der Waals surface area contributed by atoms with E-state index in [1.807, 2.05) is 0 Å². The van der Waals surface area contributed by atoms with Gasteiger partial charge in [0.25, 0.3) is 6.43 Å². The fourth-order valence-electron chi connectivity index (χ4n) is 3.31. The highest BCUT2D eigenvalue weighted by molar-refractivity contribution is 7.70. The minimum atomic E-state index is -2.91. The molecule has 0 spiro atoms. The number of benzene rings is 2. The zero-order chi connectivity index (χ0) is 22.2. The second kappa shape index (κ2) is 8.26. The molecule has 0 fully saturated rings. The van der Waals surface area contributed by atoms with E-state index in [2.05, 4.69) is 15.3 Å². The summed E-state index contributed by atoms with van der Waals surface area (Å²) in [7, 11) is -1.18. The number of anilines is 1. The largest absolute Gasteiger partial charge is 0.496 e. The number of fused-ring (bicyclic) bond motifs is 1. The van der Waals surface area contributed by atoms with Gasteiger partial charge in [-0.15, -0.1) is 0 Å². The Hall–Kier alpha value is -2.60. The molecule has 1 aromatic heterocycles. The maximum Gasteiger partial charge on any atom is 0.266 e. The van der Waals surface area contributed by atoms with Crippen molar-refractivity contribution in [2.24, 2.45) is 0 Å². The number of hydrogen-bond donors (Lipinski definition) is 1. The zero-order valence-electron chi connectivity index (χ0n) is 17.3. The van der Waals surface area contributed by atoms with E-state index in [4.69, 9.17) is 4.74 Å². The molecule has 1 heterocycles. The Bertz CT molecular complexity index is 1150. The Morgan fingerprint density at radius 2 is 1.80 bits per heavy atom. The molecule has 9 heteroatoms. The average molecular weight is 437 g/mol. The predicted octanol–water partition coefficient (Wildman–Crippen LogP) is 5.44. The predicted molar refractivity (Wildman–Crippen MR) is 113 cm³/mol. The highest BCUT2D eigenvalue weighted by Crippen LogP contribution is 2.41. The standard InChI is InChI=1S/C21H23F3N3O2P/c1-11(13-7-6-8-14(19(13)22)20(23)24)25-21-15-9-18(30(4,5)28)17(29-3)10-16(15)26-12(2)27-21/h6-11,20H,1-5H3,(H,25,26,27). The van der Waals surface area contributed by atoms with Crippen molar-refractivity contribution in [3.05, 3.63) is 53.1 Å². The quantitative estimate of drug-likeness (QED) is 0.520. The summed E-state index contributed by atoms with van der Waals surface area (Å²) in [6.45, 7) is 6.63. The van der Waals surface area contributed by atoms with Gasteiger partial charge in [-0.1, -0.05) is 18.2 Å². The normalized spacial score (nSPS) is 13.0. The first-order valence-corrected chi connectivity index (χ1v) is 11.9. The Balaban J connectivity index is 2.12. The zero-order valence-corrected chi connectivity index (χ0v) is 18.2. The van der Waals surface area contributed by atoms with Crippen LogP contribution in [0.2, 0.25) is 0 Å². The topological polar surface area (TPSA) is 64.1 Å². The summed E-state index contributed by atoms with van der Waals surface area (Å²) in [5.74, 6) is 0.370. The fraction of sp³-hybridized carbons (Fsp3) is 0.333. The lowest BCUT2D eigenvalue weighted by atomic mass is 10.0. The number of rotatable bonds is 6. The van der Waals surface area contributed by atoms with E-state index < -0.39 is 31.0 Å². The molecule has 3 aromatic rings. The lowest BCUT2D eigenvalue weighted by Gasteiger charge is -2.20. The average Bonchev–Trinajstić information content (AvgIpc) is 2.65. The summed E-state index contributed by atoms with van der Waals surface area (Å²) in [6.07, 6.45) is -2.91. The van der Waals surface area contributed by atoms with E-state index in [9.17, 15) is 17.7 Å². The molecular weight excluding hydrogens is 414 g/mol. The SMILES string of the molecule is COc1cc2nc(C)nc(NC(C)c3cccc(C(F)F)c3F)c2cc1P(C)(C)=O. The van der Waals surface area contributed by atoms with Gasteiger partial charge in [-0.25, -0.2) is 23.1 Å². The van der Waals surface area contributed by atoms with Crippen LogP contribution in [0, 0.1) is 12.7 Å². The molecule has 1 unspecified atom stereocenters. The van der Waals surface area contributed by atoms with Gasteiger partial charge in [-0.05, 0) is 33.2 Å². The van der Waals surface area contributed by atoms with Gasteiger partial charge >= 0.3 is 0 Å². The molecule has 0 saturated heterocycles.